The summed E-state index contributed by atoms with van der Waals surface area (Å²) < 4.78 is 5.22. The Balaban J connectivity index is 1.86. The van der Waals surface area contributed by atoms with Crippen LogP contribution in [0.4, 0.5) is 0 Å². The molecule has 3 heterocycles. The fraction of sp³-hybridized carbons (Fsp3) is 0.130. The Hall–Kier alpha value is -3.71. The van der Waals surface area contributed by atoms with Crippen molar-refractivity contribution in [3.8, 4) is 5.75 Å². The Labute approximate surface area is 183 Å². The summed E-state index contributed by atoms with van der Waals surface area (Å²) in [6, 6.07) is 10.8. The van der Waals surface area contributed by atoms with Crippen molar-refractivity contribution < 1.29 is 19.4 Å². The zero-order valence-electron chi connectivity index (χ0n) is 16.5. The van der Waals surface area contributed by atoms with Crippen LogP contribution in [-0.4, -0.2) is 38.8 Å². The average molecular weight is 436 g/mol. The standard InChI is InChI=1S/C23H18ClN3O4/c1-31-18-12-16(2-3-17(18)24)21(28)19-20(15-6-10-26-11-7-15)27(23(30)22(19)29)13-14-4-8-25-9-5-14/h2-12,20,28H,13H2,1H3/b21-19-. The van der Waals surface area contributed by atoms with Crippen molar-refractivity contribution in [1.82, 2.24) is 14.9 Å². The van der Waals surface area contributed by atoms with Gasteiger partial charge in [-0.25, -0.2) is 0 Å². The number of Topliss-reactive ketones (excluding diaryl/α,β-unsaturated/α-hetero) is 1. The number of ether oxygens (including phenoxy) is 1. The molecule has 2 aromatic heterocycles. The number of hydrogen-bond donors (Lipinski definition) is 1. The van der Waals surface area contributed by atoms with Gasteiger partial charge in [-0.2, -0.15) is 0 Å². The second-order valence-electron chi connectivity index (χ2n) is 6.91. The van der Waals surface area contributed by atoms with Gasteiger partial charge in [-0.1, -0.05) is 11.6 Å². The van der Waals surface area contributed by atoms with Gasteiger partial charge >= 0.3 is 0 Å². The normalized spacial score (nSPS) is 17.7. The van der Waals surface area contributed by atoms with Crippen molar-refractivity contribution in [2.24, 2.45) is 0 Å². The lowest BCUT2D eigenvalue weighted by molar-refractivity contribution is -0.140. The van der Waals surface area contributed by atoms with Gasteiger partial charge in [0.05, 0.1) is 23.7 Å². The van der Waals surface area contributed by atoms with Crippen LogP contribution in [0.5, 0.6) is 5.75 Å². The number of likely N-dealkylation sites (tertiary alicyclic amines) is 1. The van der Waals surface area contributed by atoms with Crippen LogP contribution in [0, 0.1) is 0 Å². The van der Waals surface area contributed by atoms with Gasteiger partial charge in [0.2, 0.25) is 0 Å². The zero-order chi connectivity index (χ0) is 22.0. The van der Waals surface area contributed by atoms with Gasteiger partial charge in [-0.05, 0) is 53.6 Å². The third-order valence-electron chi connectivity index (χ3n) is 5.09. The molecule has 8 heteroatoms. The van der Waals surface area contributed by atoms with Crippen LogP contribution < -0.4 is 4.74 Å². The summed E-state index contributed by atoms with van der Waals surface area (Å²) in [5.41, 5.74) is 1.78. The fourth-order valence-corrected chi connectivity index (χ4v) is 3.78. The highest BCUT2D eigenvalue weighted by Crippen LogP contribution is 2.40. The second kappa shape index (κ2) is 8.57. The van der Waals surface area contributed by atoms with Gasteiger partial charge in [0, 0.05) is 36.9 Å². The summed E-state index contributed by atoms with van der Waals surface area (Å²) in [4.78, 5) is 35.4. The Morgan fingerprint density at radius 1 is 1.06 bits per heavy atom. The Morgan fingerprint density at radius 2 is 1.71 bits per heavy atom. The summed E-state index contributed by atoms with van der Waals surface area (Å²) >= 11 is 6.09. The molecule has 156 valence electrons. The Morgan fingerprint density at radius 3 is 2.35 bits per heavy atom. The summed E-state index contributed by atoms with van der Waals surface area (Å²) in [6.07, 6.45) is 6.39. The molecule has 1 aliphatic rings. The topological polar surface area (TPSA) is 92.6 Å². The van der Waals surface area contributed by atoms with E-state index in [1.165, 1.54) is 18.1 Å². The smallest absolute Gasteiger partial charge is 0.295 e. The van der Waals surface area contributed by atoms with Gasteiger partial charge in [0.15, 0.2) is 0 Å². The lowest BCUT2D eigenvalue weighted by Gasteiger charge is -2.25. The summed E-state index contributed by atoms with van der Waals surface area (Å²) in [5.74, 6) is -1.41. The number of hydrogen-bond acceptors (Lipinski definition) is 6. The molecule has 1 unspecified atom stereocenters. The largest absolute Gasteiger partial charge is 0.507 e. The summed E-state index contributed by atoms with van der Waals surface area (Å²) in [5, 5.41) is 11.5. The first-order chi connectivity index (χ1) is 15.0. The molecular formula is C23H18ClN3O4. The maximum atomic E-state index is 13.0. The van der Waals surface area contributed by atoms with Gasteiger partial charge in [0.25, 0.3) is 11.7 Å². The molecule has 1 saturated heterocycles. The number of amides is 1. The third-order valence-corrected chi connectivity index (χ3v) is 5.40. The Bertz CT molecular complexity index is 1170. The number of aromatic nitrogens is 2. The predicted molar refractivity (Wildman–Crippen MR) is 114 cm³/mol. The molecule has 4 rings (SSSR count). The Kier molecular flexibility index (Phi) is 5.68. The van der Waals surface area contributed by atoms with E-state index in [-0.39, 0.29) is 17.9 Å². The summed E-state index contributed by atoms with van der Waals surface area (Å²) in [7, 11) is 1.45. The minimum Gasteiger partial charge on any atom is -0.507 e. The number of nitrogens with zero attached hydrogens (tertiary/aromatic N) is 3. The molecule has 1 aliphatic heterocycles. The van der Waals surface area contributed by atoms with Crippen LogP contribution in [0.25, 0.3) is 5.76 Å². The van der Waals surface area contributed by atoms with E-state index in [4.69, 9.17) is 16.3 Å². The number of rotatable bonds is 5. The maximum Gasteiger partial charge on any atom is 0.295 e. The van der Waals surface area contributed by atoms with Crippen LogP contribution in [0.15, 0.2) is 72.8 Å². The van der Waals surface area contributed by atoms with E-state index in [1.54, 1.807) is 61.2 Å². The average Bonchev–Trinajstić information content (AvgIpc) is 3.05. The highest BCUT2D eigenvalue weighted by Gasteiger charge is 2.46. The van der Waals surface area contributed by atoms with E-state index in [2.05, 4.69) is 9.97 Å². The number of carbonyl (C=O) groups excluding carboxylic acids is 2. The van der Waals surface area contributed by atoms with Crippen LogP contribution in [0.3, 0.4) is 0 Å². The van der Waals surface area contributed by atoms with Crippen molar-refractivity contribution in [2.45, 2.75) is 12.6 Å². The molecule has 7 nitrogen and oxygen atoms in total. The van der Waals surface area contributed by atoms with Crippen LogP contribution in [-0.2, 0) is 16.1 Å². The molecule has 0 saturated carbocycles. The quantitative estimate of drug-likeness (QED) is 0.372. The van der Waals surface area contributed by atoms with Crippen LogP contribution in [0.1, 0.15) is 22.7 Å². The number of aliphatic hydroxyl groups excluding tert-OH is 1. The van der Waals surface area contributed by atoms with Crippen molar-refractivity contribution in [1.29, 1.82) is 0 Å². The number of aliphatic hydroxyl groups is 1. The molecular weight excluding hydrogens is 418 g/mol. The number of ketones is 1. The molecule has 0 spiro atoms. The molecule has 0 aliphatic carbocycles. The van der Waals surface area contributed by atoms with Gasteiger partial charge in [-0.3, -0.25) is 19.6 Å². The van der Waals surface area contributed by atoms with E-state index < -0.39 is 17.7 Å². The SMILES string of the molecule is COc1cc(/C(O)=C2/C(=O)C(=O)N(Cc3ccncc3)C2c2ccncc2)ccc1Cl. The highest BCUT2D eigenvalue weighted by atomic mass is 35.5. The molecule has 0 bridgehead atoms. The number of halogens is 1. The van der Waals surface area contributed by atoms with E-state index in [0.29, 0.717) is 21.9 Å². The first-order valence-electron chi connectivity index (χ1n) is 9.42. The van der Waals surface area contributed by atoms with Crippen LogP contribution in [0.2, 0.25) is 5.02 Å². The van der Waals surface area contributed by atoms with E-state index in [1.807, 2.05) is 0 Å². The first kappa shape index (κ1) is 20.6. The van der Waals surface area contributed by atoms with Crippen molar-refractivity contribution in [3.63, 3.8) is 0 Å². The van der Waals surface area contributed by atoms with E-state index in [0.717, 1.165) is 5.56 Å². The van der Waals surface area contributed by atoms with Crippen molar-refractivity contribution >= 4 is 29.1 Å². The first-order valence-corrected chi connectivity index (χ1v) is 9.80. The highest BCUT2D eigenvalue weighted by molar-refractivity contribution is 6.46. The van der Waals surface area contributed by atoms with E-state index >= 15 is 0 Å². The second-order valence-corrected chi connectivity index (χ2v) is 7.32. The molecule has 0 radical (unpaired) electrons. The number of carbonyl (C=O) groups is 2. The molecule has 1 N–H and O–H groups in total. The monoisotopic (exact) mass is 435 g/mol. The minimum atomic E-state index is -0.780. The van der Waals surface area contributed by atoms with Gasteiger partial charge in [-0.15, -0.1) is 0 Å². The molecule has 1 aromatic carbocycles. The number of methoxy groups -OCH3 is 1. The fourth-order valence-electron chi connectivity index (χ4n) is 3.58. The minimum absolute atomic E-state index is 0.00497. The predicted octanol–water partition coefficient (Wildman–Crippen LogP) is 3.76. The van der Waals surface area contributed by atoms with Gasteiger partial charge < -0.3 is 14.7 Å². The van der Waals surface area contributed by atoms with E-state index in [9.17, 15) is 14.7 Å². The lowest BCUT2D eigenvalue weighted by atomic mass is 9.95. The molecule has 1 amide bonds. The molecule has 3 aromatic rings. The number of benzene rings is 1. The molecule has 1 atom stereocenters. The molecule has 1 fully saturated rings. The van der Waals surface area contributed by atoms with Crippen LogP contribution >= 0.6 is 11.6 Å². The maximum absolute atomic E-state index is 13.0. The summed E-state index contributed by atoms with van der Waals surface area (Å²) in [6.45, 7) is 0.181. The van der Waals surface area contributed by atoms with Crippen molar-refractivity contribution in [3.05, 3.63) is 94.5 Å². The third kappa shape index (κ3) is 3.87. The number of pyridine rings is 2. The lowest BCUT2D eigenvalue weighted by Crippen LogP contribution is -2.29. The molecule has 31 heavy (non-hydrogen) atoms. The van der Waals surface area contributed by atoms with Gasteiger partial charge in [0.1, 0.15) is 11.5 Å². The van der Waals surface area contributed by atoms with Crippen molar-refractivity contribution in [2.75, 3.05) is 7.11 Å². The zero-order valence-corrected chi connectivity index (χ0v) is 17.3.